The Balaban J connectivity index is 1.57. The van der Waals surface area contributed by atoms with Crippen LogP contribution in [-0.4, -0.2) is 37.8 Å². The van der Waals surface area contributed by atoms with Crippen molar-refractivity contribution in [3.63, 3.8) is 0 Å². The second kappa shape index (κ2) is 11.8. The molecule has 4 aromatic carbocycles. The minimum absolute atomic E-state index is 0.0414. The number of hydrogen-bond acceptors (Lipinski definition) is 6. The number of carbonyl (C=O) groups is 2. The summed E-state index contributed by atoms with van der Waals surface area (Å²) in [7, 11) is -9.42. The van der Waals surface area contributed by atoms with Crippen LogP contribution in [0.2, 0.25) is 0 Å². The van der Waals surface area contributed by atoms with Crippen molar-refractivity contribution in [3.05, 3.63) is 119 Å². The van der Waals surface area contributed by atoms with Gasteiger partial charge in [0.25, 0.3) is 32.1 Å². The summed E-state index contributed by atoms with van der Waals surface area (Å²) in [6, 6.07) is 24.4. The minimum atomic E-state index is -4.71. The van der Waals surface area contributed by atoms with E-state index in [0.29, 0.717) is 11.1 Å². The van der Waals surface area contributed by atoms with Crippen LogP contribution >= 0.6 is 0 Å². The lowest BCUT2D eigenvalue weighted by atomic mass is 10.0. The number of aryl methyl sites for hydroxylation is 2. The smallest absolute Gasteiger partial charge is 0.294 e. The first-order chi connectivity index (χ1) is 18.9. The van der Waals surface area contributed by atoms with Gasteiger partial charge in [0.05, 0.1) is 9.79 Å². The zero-order valence-electron chi connectivity index (χ0n) is 20.8. The number of carbonyl (C=O) groups excluding carboxylic acids is 2. The van der Waals surface area contributed by atoms with E-state index in [4.69, 9.17) is 0 Å². The van der Waals surface area contributed by atoms with Gasteiger partial charge >= 0.3 is 0 Å². The summed E-state index contributed by atoms with van der Waals surface area (Å²) >= 11 is 0. The first kappa shape index (κ1) is 28.6. The molecule has 0 atom stereocenters. The summed E-state index contributed by atoms with van der Waals surface area (Å²) in [5.41, 5.74) is 1.26. The number of benzene rings is 4. The van der Waals surface area contributed by atoms with Gasteiger partial charge in [0.1, 0.15) is 0 Å². The summed E-state index contributed by atoms with van der Waals surface area (Å²) in [5, 5.41) is 5.15. The topological polar surface area (TPSA) is 167 Å². The van der Waals surface area contributed by atoms with Crippen molar-refractivity contribution in [1.29, 1.82) is 0 Å². The lowest BCUT2D eigenvalue weighted by molar-refractivity contribution is 0.101. The molecule has 2 amide bonds. The molecular formula is C28H24N2O8S2. The molecule has 40 heavy (non-hydrogen) atoms. The zero-order chi connectivity index (χ0) is 28.9. The van der Waals surface area contributed by atoms with Crippen molar-refractivity contribution in [3.8, 4) is 0 Å². The fourth-order valence-electron chi connectivity index (χ4n) is 4.01. The molecule has 0 aliphatic carbocycles. The average molecular weight is 581 g/mol. The monoisotopic (exact) mass is 580 g/mol. The predicted octanol–water partition coefficient (Wildman–Crippen LogP) is 4.47. The molecule has 0 aliphatic heterocycles. The van der Waals surface area contributed by atoms with Crippen molar-refractivity contribution < 1.29 is 35.5 Å². The lowest BCUT2D eigenvalue weighted by Crippen LogP contribution is -2.14. The highest BCUT2D eigenvalue weighted by atomic mass is 32.2. The number of nitrogens with one attached hydrogen (secondary N) is 2. The molecule has 10 nitrogen and oxygen atoms in total. The van der Waals surface area contributed by atoms with Crippen LogP contribution in [0.1, 0.15) is 31.8 Å². The average Bonchev–Trinajstić information content (AvgIpc) is 2.92. The standard InChI is InChI=1S/C28H24N2O8S2/c31-27(21-7-3-1-4-8-21)29-23-15-13-19(25(17-23)39(33,34)35)11-12-20-14-16-24(18-26(20)40(36,37)38)30-28(32)22-9-5-2-6-10-22/h1-10,13-18H,11-12H2,(H,29,31)(H,30,32)(H,33,34,35)(H,36,37,38). The van der Waals surface area contributed by atoms with E-state index in [0.717, 1.165) is 12.1 Å². The molecule has 0 aromatic heterocycles. The molecule has 0 spiro atoms. The Labute approximate surface area is 231 Å². The quantitative estimate of drug-likeness (QED) is 0.210. The van der Waals surface area contributed by atoms with Gasteiger partial charge in [-0.2, -0.15) is 16.8 Å². The SMILES string of the molecule is O=C(Nc1ccc(CCc2ccc(NC(=O)c3ccccc3)cc2S(=O)(=O)O)c(S(=O)(=O)O)c1)c1ccccc1. The van der Waals surface area contributed by atoms with Crippen LogP contribution in [0.4, 0.5) is 11.4 Å². The van der Waals surface area contributed by atoms with Crippen LogP contribution in [0, 0.1) is 0 Å². The van der Waals surface area contributed by atoms with Crippen LogP contribution in [0.3, 0.4) is 0 Å². The summed E-state index contributed by atoms with van der Waals surface area (Å²) in [6.07, 6.45) is -0.0828. The second-order valence-corrected chi connectivity index (χ2v) is 11.5. The molecule has 0 bridgehead atoms. The van der Waals surface area contributed by atoms with E-state index in [-0.39, 0.29) is 35.3 Å². The van der Waals surface area contributed by atoms with Crippen molar-refractivity contribution in [2.45, 2.75) is 22.6 Å². The molecule has 0 aliphatic rings. The third-order valence-corrected chi connectivity index (χ3v) is 7.81. The summed E-state index contributed by atoms with van der Waals surface area (Å²) in [6.45, 7) is 0. The number of rotatable bonds is 9. The molecule has 4 aromatic rings. The fourth-order valence-corrected chi connectivity index (χ4v) is 5.57. The van der Waals surface area contributed by atoms with Crippen LogP contribution in [0.25, 0.3) is 0 Å². The highest BCUT2D eigenvalue weighted by Gasteiger charge is 2.21. The summed E-state index contributed by atoms with van der Waals surface area (Å²) in [5.74, 6) is -0.959. The summed E-state index contributed by atoms with van der Waals surface area (Å²) in [4.78, 5) is 24.0. The Hall–Kier alpha value is -4.36. The zero-order valence-corrected chi connectivity index (χ0v) is 22.4. The lowest BCUT2D eigenvalue weighted by Gasteiger charge is -2.13. The molecule has 4 rings (SSSR count). The summed E-state index contributed by atoms with van der Waals surface area (Å²) < 4.78 is 68.2. The highest BCUT2D eigenvalue weighted by molar-refractivity contribution is 7.86. The van der Waals surface area contributed by atoms with Crippen LogP contribution in [0.15, 0.2) is 107 Å². The minimum Gasteiger partial charge on any atom is -0.322 e. The van der Waals surface area contributed by atoms with Gasteiger partial charge in [-0.1, -0.05) is 48.5 Å². The molecule has 0 heterocycles. The maximum atomic E-state index is 12.4. The van der Waals surface area contributed by atoms with Crippen LogP contribution < -0.4 is 10.6 Å². The van der Waals surface area contributed by atoms with E-state index in [1.165, 1.54) is 24.3 Å². The Morgan fingerprint density at radius 3 is 1.23 bits per heavy atom. The highest BCUT2D eigenvalue weighted by Crippen LogP contribution is 2.26. The molecule has 4 N–H and O–H groups in total. The van der Waals surface area contributed by atoms with Gasteiger partial charge in [-0.15, -0.1) is 0 Å². The first-order valence-electron chi connectivity index (χ1n) is 11.9. The second-order valence-electron chi connectivity index (χ2n) is 8.74. The van der Waals surface area contributed by atoms with Crippen molar-refractivity contribution >= 4 is 43.4 Å². The van der Waals surface area contributed by atoms with Crippen LogP contribution in [0.5, 0.6) is 0 Å². The normalized spacial score (nSPS) is 11.6. The first-order valence-corrected chi connectivity index (χ1v) is 14.7. The van der Waals surface area contributed by atoms with E-state index in [1.807, 2.05) is 0 Å². The molecule has 0 saturated carbocycles. The van der Waals surface area contributed by atoms with Gasteiger partial charge in [-0.05, 0) is 72.5 Å². The van der Waals surface area contributed by atoms with E-state index in [1.54, 1.807) is 60.7 Å². The largest absolute Gasteiger partial charge is 0.322 e. The van der Waals surface area contributed by atoms with E-state index >= 15 is 0 Å². The van der Waals surface area contributed by atoms with E-state index in [2.05, 4.69) is 10.6 Å². The molecule has 0 saturated heterocycles. The Kier molecular flexibility index (Phi) is 8.45. The third kappa shape index (κ3) is 7.18. The van der Waals surface area contributed by atoms with Gasteiger partial charge in [0, 0.05) is 22.5 Å². The predicted molar refractivity (Wildman–Crippen MR) is 149 cm³/mol. The Bertz CT molecular complexity index is 1640. The van der Waals surface area contributed by atoms with Gasteiger partial charge in [0.15, 0.2) is 0 Å². The molecule has 0 fully saturated rings. The Morgan fingerprint density at radius 1 is 0.550 bits per heavy atom. The molecule has 206 valence electrons. The molecule has 12 heteroatoms. The molecule has 0 radical (unpaired) electrons. The number of anilines is 2. The fraction of sp³-hybridized carbons (Fsp3) is 0.0714. The molecular weight excluding hydrogens is 556 g/mol. The van der Waals surface area contributed by atoms with Gasteiger partial charge in [0.2, 0.25) is 0 Å². The number of amides is 2. The Morgan fingerprint density at radius 2 is 0.900 bits per heavy atom. The van der Waals surface area contributed by atoms with Gasteiger partial charge in [-0.25, -0.2) is 0 Å². The van der Waals surface area contributed by atoms with Crippen molar-refractivity contribution in [2.24, 2.45) is 0 Å². The maximum absolute atomic E-state index is 12.4. The number of hydrogen-bond donors (Lipinski definition) is 4. The maximum Gasteiger partial charge on any atom is 0.294 e. The van der Waals surface area contributed by atoms with Crippen molar-refractivity contribution in [1.82, 2.24) is 0 Å². The van der Waals surface area contributed by atoms with E-state index < -0.39 is 41.8 Å². The third-order valence-electron chi connectivity index (χ3n) is 5.94. The van der Waals surface area contributed by atoms with Gasteiger partial charge in [-0.3, -0.25) is 18.7 Å². The van der Waals surface area contributed by atoms with Crippen molar-refractivity contribution in [2.75, 3.05) is 10.6 Å². The van der Waals surface area contributed by atoms with Crippen LogP contribution in [-0.2, 0) is 33.1 Å². The molecule has 0 unspecified atom stereocenters. The van der Waals surface area contributed by atoms with Gasteiger partial charge < -0.3 is 10.6 Å². The van der Waals surface area contributed by atoms with E-state index in [9.17, 15) is 35.5 Å².